The third-order valence-corrected chi connectivity index (χ3v) is 5.32. The molecule has 2 aliphatic rings. The average Bonchev–Trinajstić information content (AvgIpc) is 3.15. The minimum atomic E-state index is -0.435. The first-order valence-corrected chi connectivity index (χ1v) is 9.19. The van der Waals surface area contributed by atoms with Crippen molar-refractivity contribution >= 4 is 23.0 Å². The Morgan fingerprint density at radius 1 is 1.37 bits per heavy atom. The molecule has 0 aliphatic carbocycles. The lowest BCUT2D eigenvalue weighted by Gasteiger charge is -2.37. The van der Waals surface area contributed by atoms with Crippen LogP contribution in [0.3, 0.4) is 0 Å². The number of H-pyrrole nitrogens is 1. The molecule has 27 heavy (non-hydrogen) atoms. The molecule has 1 aromatic carbocycles. The van der Waals surface area contributed by atoms with Crippen molar-refractivity contribution in [1.82, 2.24) is 19.8 Å². The van der Waals surface area contributed by atoms with Crippen molar-refractivity contribution in [2.45, 2.75) is 32.0 Å². The van der Waals surface area contributed by atoms with Crippen molar-refractivity contribution in [2.75, 3.05) is 33.3 Å². The van der Waals surface area contributed by atoms with Gasteiger partial charge < -0.3 is 24.3 Å². The van der Waals surface area contributed by atoms with Gasteiger partial charge in [-0.3, -0.25) is 4.79 Å². The molecule has 0 bridgehead atoms. The Labute approximate surface area is 157 Å². The maximum absolute atomic E-state index is 12.4. The van der Waals surface area contributed by atoms with Crippen molar-refractivity contribution in [3.05, 3.63) is 29.6 Å². The third-order valence-electron chi connectivity index (χ3n) is 5.32. The third kappa shape index (κ3) is 3.62. The summed E-state index contributed by atoms with van der Waals surface area (Å²) >= 11 is 0. The van der Waals surface area contributed by atoms with Crippen molar-refractivity contribution in [1.29, 1.82) is 0 Å². The number of hydrogen-bond acceptors (Lipinski definition) is 5. The van der Waals surface area contributed by atoms with E-state index in [1.165, 1.54) is 0 Å². The Morgan fingerprint density at radius 3 is 2.85 bits per heavy atom. The van der Waals surface area contributed by atoms with Crippen LogP contribution in [0.25, 0.3) is 11.0 Å². The van der Waals surface area contributed by atoms with Crippen molar-refractivity contribution in [2.24, 2.45) is 0 Å². The summed E-state index contributed by atoms with van der Waals surface area (Å²) in [5, 5.41) is 0. The van der Waals surface area contributed by atoms with E-state index in [1.54, 1.807) is 16.8 Å². The second-order valence-corrected chi connectivity index (χ2v) is 7.48. The highest BCUT2D eigenvalue weighted by Crippen LogP contribution is 2.32. The van der Waals surface area contributed by atoms with Gasteiger partial charge in [-0.2, -0.15) is 0 Å². The first-order valence-electron chi connectivity index (χ1n) is 9.19. The van der Waals surface area contributed by atoms with Gasteiger partial charge in [-0.25, -0.2) is 9.78 Å². The lowest BCUT2D eigenvalue weighted by atomic mass is 9.91. The molecule has 3 heterocycles. The number of piperidine rings is 1. The Balaban J connectivity index is 1.25. The number of imidazole rings is 1. The van der Waals surface area contributed by atoms with Crippen LogP contribution in [0.2, 0.25) is 0 Å². The number of amides is 2. The monoisotopic (exact) mass is 372 g/mol. The first-order chi connectivity index (χ1) is 12.9. The summed E-state index contributed by atoms with van der Waals surface area (Å²) in [6.07, 6.45) is 1.05. The number of benzene rings is 1. The van der Waals surface area contributed by atoms with E-state index < -0.39 is 5.60 Å². The molecule has 4 rings (SSSR count). The number of aromatic amines is 1. The van der Waals surface area contributed by atoms with Gasteiger partial charge in [0.1, 0.15) is 24.6 Å². The molecule has 0 saturated carbocycles. The Morgan fingerprint density at radius 2 is 2.15 bits per heavy atom. The van der Waals surface area contributed by atoms with Gasteiger partial charge in [-0.15, -0.1) is 0 Å². The van der Waals surface area contributed by atoms with E-state index >= 15 is 0 Å². The largest absolute Gasteiger partial charge is 0.441 e. The predicted molar refractivity (Wildman–Crippen MR) is 98.1 cm³/mol. The molecule has 1 N–H and O–H groups in total. The number of aromatic nitrogens is 2. The fraction of sp³-hybridized carbons (Fsp3) is 0.526. The fourth-order valence-corrected chi connectivity index (χ4v) is 3.79. The molecule has 8 heteroatoms. The number of nitrogens with one attached hydrogen (secondary N) is 1. The van der Waals surface area contributed by atoms with Crippen LogP contribution in [-0.4, -0.2) is 70.7 Å². The quantitative estimate of drug-likeness (QED) is 0.885. The zero-order valence-electron chi connectivity index (χ0n) is 15.7. The van der Waals surface area contributed by atoms with Crippen molar-refractivity contribution in [3.63, 3.8) is 0 Å². The molecule has 1 aromatic heterocycles. The average molecular weight is 372 g/mol. The van der Waals surface area contributed by atoms with Crippen LogP contribution >= 0.6 is 0 Å². The second kappa shape index (κ2) is 6.84. The highest BCUT2D eigenvalue weighted by atomic mass is 16.6. The highest BCUT2D eigenvalue weighted by molar-refractivity contribution is 5.78. The molecule has 2 aromatic rings. The minimum absolute atomic E-state index is 0.0166. The highest BCUT2D eigenvalue weighted by Gasteiger charge is 2.46. The number of likely N-dealkylation sites (tertiary alicyclic amines) is 1. The molecule has 0 radical (unpaired) electrons. The summed E-state index contributed by atoms with van der Waals surface area (Å²) in [7, 11) is 1.74. The topological polar surface area (TPSA) is 87.8 Å². The second-order valence-electron chi connectivity index (χ2n) is 7.48. The Hall–Kier alpha value is -2.61. The number of ether oxygens (including phenoxy) is 2. The van der Waals surface area contributed by atoms with Crippen molar-refractivity contribution < 1.29 is 19.1 Å². The van der Waals surface area contributed by atoms with Gasteiger partial charge in [0.15, 0.2) is 0 Å². The number of nitrogens with zero attached hydrogens (tertiary/aromatic N) is 3. The van der Waals surface area contributed by atoms with E-state index in [1.807, 2.05) is 25.1 Å². The van der Waals surface area contributed by atoms with Gasteiger partial charge in [0.05, 0.1) is 17.6 Å². The van der Waals surface area contributed by atoms with E-state index in [0.29, 0.717) is 38.3 Å². The maximum atomic E-state index is 12.4. The standard InChI is InChI=1S/C19H24N4O4/c1-13-3-4-14-15(9-13)21-16(20-14)10-26-11-17(24)23-7-5-19(6-8-23)12-22(2)18(25)27-19/h3-4,9H,5-8,10-12H2,1-2H3,(H,20,21). The fourth-order valence-electron chi connectivity index (χ4n) is 3.79. The van der Waals surface area contributed by atoms with Crippen LogP contribution in [0.15, 0.2) is 18.2 Å². The van der Waals surface area contributed by atoms with Crippen molar-refractivity contribution in [3.8, 4) is 0 Å². The van der Waals surface area contributed by atoms with Crippen LogP contribution in [0.5, 0.6) is 0 Å². The van der Waals surface area contributed by atoms with Crippen LogP contribution in [0, 0.1) is 6.92 Å². The first kappa shape index (κ1) is 17.8. The minimum Gasteiger partial charge on any atom is -0.441 e. The zero-order chi connectivity index (χ0) is 19.0. The summed E-state index contributed by atoms with van der Waals surface area (Å²) in [5.41, 5.74) is 2.59. The lowest BCUT2D eigenvalue weighted by molar-refractivity contribution is -0.140. The van der Waals surface area contributed by atoms with Crippen LogP contribution in [-0.2, 0) is 20.9 Å². The van der Waals surface area contributed by atoms with E-state index in [-0.39, 0.29) is 25.2 Å². The zero-order valence-corrected chi connectivity index (χ0v) is 15.7. The summed E-state index contributed by atoms with van der Waals surface area (Å²) < 4.78 is 11.1. The number of carbonyl (C=O) groups is 2. The van der Waals surface area contributed by atoms with Gasteiger partial charge in [-0.1, -0.05) is 6.07 Å². The predicted octanol–water partition coefficient (Wildman–Crippen LogP) is 1.83. The number of aryl methyl sites for hydroxylation is 1. The summed E-state index contributed by atoms with van der Waals surface area (Å²) in [5.74, 6) is 0.663. The molecule has 1 spiro atoms. The SMILES string of the molecule is Cc1ccc2nc(COCC(=O)N3CCC4(CC3)CN(C)C(=O)O4)[nH]c2c1. The smallest absolute Gasteiger partial charge is 0.410 e. The van der Waals surface area contributed by atoms with E-state index in [9.17, 15) is 9.59 Å². The van der Waals surface area contributed by atoms with Gasteiger partial charge in [-0.05, 0) is 24.6 Å². The molecule has 0 atom stereocenters. The van der Waals surface area contributed by atoms with Crippen LogP contribution in [0.1, 0.15) is 24.2 Å². The van der Waals surface area contributed by atoms with Gasteiger partial charge in [0.2, 0.25) is 5.91 Å². The number of fused-ring (bicyclic) bond motifs is 1. The molecule has 2 aliphatic heterocycles. The van der Waals surface area contributed by atoms with E-state index in [2.05, 4.69) is 9.97 Å². The normalized spacial score (nSPS) is 19.1. The molecule has 0 unspecified atom stereocenters. The number of likely N-dealkylation sites (N-methyl/N-ethyl adjacent to an activating group) is 1. The summed E-state index contributed by atoms with van der Waals surface area (Å²) in [4.78, 5) is 35.1. The summed E-state index contributed by atoms with van der Waals surface area (Å²) in [6, 6.07) is 6.01. The van der Waals surface area contributed by atoms with Gasteiger partial charge in [0.25, 0.3) is 0 Å². The maximum Gasteiger partial charge on any atom is 0.410 e. The number of carbonyl (C=O) groups excluding carboxylic acids is 2. The molecule has 8 nitrogen and oxygen atoms in total. The van der Waals surface area contributed by atoms with Gasteiger partial charge >= 0.3 is 6.09 Å². The number of rotatable bonds is 4. The van der Waals surface area contributed by atoms with E-state index in [0.717, 1.165) is 16.6 Å². The Kier molecular flexibility index (Phi) is 4.51. The molecule has 2 fully saturated rings. The number of hydrogen-bond donors (Lipinski definition) is 1. The Bertz CT molecular complexity index is 870. The molecular formula is C19H24N4O4. The molecule has 144 valence electrons. The lowest BCUT2D eigenvalue weighted by Crippen LogP contribution is -2.49. The molecule has 2 amide bonds. The molecular weight excluding hydrogens is 348 g/mol. The van der Waals surface area contributed by atoms with E-state index in [4.69, 9.17) is 9.47 Å². The van der Waals surface area contributed by atoms with Crippen LogP contribution < -0.4 is 0 Å². The molecule has 2 saturated heterocycles. The summed E-state index contributed by atoms with van der Waals surface area (Å²) in [6.45, 7) is 4.06. The van der Waals surface area contributed by atoms with Crippen LogP contribution in [0.4, 0.5) is 4.79 Å². The van der Waals surface area contributed by atoms with Gasteiger partial charge in [0, 0.05) is 33.0 Å².